The second-order valence-electron chi connectivity index (χ2n) is 2.86. The lowest BCUT2D eigenvalue weighted by Crippen LogP contribution is -2.03. The van der Waals surface area contributed by atoms with Crippen molar-refractivity contribution in [3.63, 3.8) is 0 Å². The van der Waals surface area contributed by atoms with E-state index in [1.807, 2.05) is 23.1 Å². The Bertz CT molecular complexity index is 264. The summed E-state index contributed by atoms with van der Waals surface area (Å²) in [6, 6.07) is 2.21. The van der Waals surface area contributed by atoms with Crippen LogP contribution in [0.5, 0.6) is 0 Å². The van der Waals surface area contributed by atoms with Crippen molar-refractivity contribution in [3.05, 3.63) is 11.6 Å². The highest BCUT2D eigenvalue weighted by atomic mass is 32.2. The second kappa shape index (κ2) is 3.04. The van der Waals surface area contributed by atoms with Crippen LogP contribution >= 0.6 is 35.7 Å². The van der Waals surface area contributed by atoms with Crippen LogP contribution in [0.3, 0.4) is 0 Å². The van der Waals surface area contributed by atoms with Gasteiger partial charge in [-0.15, -0.1) is 35.7 Å². The van der Waals surface area contributed by atoms with E-state index >= 15 is 0 Å². The zero-order valence-electron chi connectivity index (χ0n) is 6.33. The van der Waals surface area contributed by atoms with Crippen LogP contribution in [0.2, 0.25) is 0 Å². The van der Waals surface area contributed by atoms with Gasteiger partial charge in [-0.25, -0.2) is 0 Å². The van der Waals surface area contributed by atoms with E-state index in [4.69, 9.17) is 0 Å². The molecule has 0 nitrogen and oxygen atoms in total. The summed E-state index contributed by atoms with van der Waals surface area (Å²) in [4.78, 5) is 0. The molecule has 0 bridgehead atoms. The first-order chi connectivity index (χ1) is 5.25. The molecule has 0 aliphatic carbocycles. The van der Waals surface area contributed by atoms with Gasteiger partial charge in [-0.3, -0.25) is 0 Å². The highest BCUT2D eigenvalue weighted by Gasteiger charge is 2.17. The number of hydrogen-bond acceptors (Lipinski definition) is 3. The Balaban J connectivity index is 2.34. The lowest BCUT2D eigenvalue weighted by molar-refractivity contribution is 0.788. The predicted molar refractivity (Wildman–Crippen MR) is 55.2 cm³/mol. The van der Waals surface area contributed by atoms with Crippen molar-refractivity contribution in [2.75, 3.05) is 0 Å². The summed E-state index contributed by atoms with van der Waals surface area (Å²) in [5, 5.41) is 0.800. The van der Waals surface area contributed by atoms with Crippen molar-refractivity contribution < 1.29 is 0 Å². The van der Waals surface area contributed by atoms with Gasteiger partial charge in [0.1, 0.15) is 0 Å². The Morgan fingerprint density at radius 2 is 2.45 bits per heavy atom. The van der Waals surface area contributed by atoms with E-state index in [2.05, 4.69) is 25.6 Å². The van der Waals surface area contributed by atoms with E-state index in [9.17, 15) is 0 Å². The molecule has 0 aromatic carbocycles. The van der Waals surface area contributed by atoms with Crippen LogP contribution in [-0.2, 0) is 6.42 Å². The third kappa shape index (κ3) is 1.60. The average Bonchev–Trinajstić information content (AvgIpc) is 2.27. The van der Waals surface area contributed by atoms with Gasteiger partial charge in [-0.2, -0.15) is 0 Å². The van der Waals surface area contributed by atoms with E-state index in [-0.39, 0.29) is 0 Å². The van der Waals surface area contributed by atoms with Gasteiger partial charge in [0.25, 0.3) is 0 Å². The predicted octanol–water partition coefficient (Wildman–Crippen LogP) is 3.46. The monoisotopic (exact) mass is 202 g/mol. The second-order valence-corrected chi connectivity index (χ2v) is 6.41. The Morgan fingerprint density at radius 3 is 3.27 bits per heavy atom. The molecule has 1 aromatic rings. The first-order valence-corrected chi connectivity index (χ1v) is 5.88. The number of fused-ring (bicyclic) bond motifs is 1. The highest BCUT2D eigenvalue weighted by Crippen LogP contribution is 2.41. The molecule has 0 spiro atoms. The number of thiophene rings is 1. The Kier molecular flexibility index (Phi) is 2.21. The van der Waals surface area contributed by atoms with Crippen LogP contribution in [0, 0.1) is 0 Å². The van der Waals surface area contributed by atoms with Crippen LogP contribution in [0.1, 0.15) is 18.9 Å². The van der Waals surface area contributed by atoms with Gasteiger partial charge in [0, 0.05) is 5.25 Å². The van der Waals surface area contributed by atoms with Crippen LogP contribution < -0.4 is 0 Å². The summed E-state index contributed by atoms with van der Waals surface area (Å²) in [5.41, 5.74) is 1.52. The van der Waals surface area contributed by atoms with Crippen LogP contribution in [0.15, 0.2) is 14.5 Å². The number of hydrogen-bond donors (Lipinski definition) is 1. The standard InChI is InChI=1S/C8H10S3/c1-5-2-3-6-4-7(9)11-8(6)10-5/h4-5,9H,2-3H2,1H3. The SMILES string of the molecule is CC1CCc2cc(S)sc2S1. The molecule has 60 valence electrons. The Hall–Kier alpha value is 0.400. The summed E-state index contributed by atoms with van der Waals surface area (Å²) in [6.07, 6.45) is 2.57. The molecule has 0 amide bonds. The topological polar surface area (TPSA) is 0 Å². The molecule has 0 N–H and O–H groups in total. The van der Waals surface area contributed by atoms with E-state index < -0.39 is 0 Å². The molecular weight excluding hydrogens is 192 g/mol. The number of rotatable bonds is 0. The van der Waals surface area contributed by atoms with Crippen molar-refractivity contribution in [1.82, 2.24) is 0 Å². The van der Waals surface area contributed by atoms with Gasteiger partial charge in [-0.05, 0) is 24.5 Å². The molecular formula is C8H10S3. The molecule has 1 atom stereocenters. The molecule has 2 heterocycles. The Morgan fingerprint density at radius 1 is 1.64 bits per heavy atom. The van der Waals surface area contributed by atoms with Crippen molar-refractivity contribution in [1.29, 1.82) is 0 Å². The molecule has 0 radical (unpaired) electrons. The van der Waals surface area contributed by atoms with Crippen molar-refractivity contribution in [2.24, 2.45) is 0 Å². The number of aryl methyl sites for hydroxylation is 1. The maximum Gasteiger partial charge on any atom is 0.0645 e. The molecule has 0 saturated carbocycles. The molecule has 3 heteroatoms. The lowest BCUT2D eigenvalue weighted by Gasteiger charge is -2.16. The fraction of sp³-hybridized carbons (Fsp3) is 0.500. The third-order valence-electron chi connectivity index (χ3n) is 1.89. The van der Waals surface area contributed by atoms with Gasteiger partial charge >= 0.3 is 0 Å². The van der Waals surface area contributed by atoms with Gasteiger partial charge in [0.15, 0.2) is 0 Å². The van der Waals surface area contributed by atoms with Crippen LogP contribution in [-0.4, -0.2) is 5.25 Å². The molecule has 2 rings (SSSR count). The Labute approximate surface area is 80.8 Å². The summed E-state index contributed by atoms with van der Waals surface area (Å²) in [5.74, 6) is 0. The molecule has 1 unspecified atom stereocenters. The molecule has 0 fully saturated rings. The highest BCUT2D eigenvalue weighted by molar-refractivity contribution is 8.02. The van der Waals surface area contributed by atoms with E-state index in [1.165, 1.54) is 22.6 Å². The molecule has 1 aromatic heterocycles. The van der Waals surface area contributed by atoms with Gasteiger partial charge in [-0.1, -0.05) is 6.92 Å². The first kappa shape index (κ1) is 8.02. The minimum Gasteiger partial charge on any atom is -0.133 e. The van der Waals surface area contributed by atoms with Crippen molar-refractivity contribution in [3.8, 4) is 0 Å². The molecule has 11 heavy (non-hydrogen) atoms. The fourth-order valence-corrected chi connectivity index (χ4v) is 4.44. The fourth-order valence-electron chi connectivity index (χ4n) is 1.27. The smallest absolute Gasteiger partial charge is 0.0645 e. The van der Waals surface area contributed by atoms with E-state index in [0.29, 0.717) is 0 Å². The summed E-state index contributed by atoms with van der Waals surface area (Å²) in [7, 11) is 0. The normalized spacial score (nSPS) is 23.3. The maximum atomic E-state index is 4.35. The van der Waals surface area contributed by atoms with Gasteiger partial charge in [0.2, 0.25) is 0 Å². The molecule has 1 aliphatic heterocycles. The van der Waals surface area contributed by atoms with Crippen molar-refractivity contribution >= 4 is 35.7 Å². The average molecular weight is 202 g/mol. The third-order valence-corrected chi connectivity index (χ3v) is 4.72. The summed E-state index contributed by atoms with van der Waals surface area (Å²) >= 11 is 8.17. The zero-order chi connectivity index (χ0) is 7.84. The van der Waals surface area contributed by atoms with E-state index in [1.54, 1.807) is 0 Å². The minimum absolute atomic E-state index is 0.800. The lowest BCUT2D eigenvalue weighted by atomic mass is 10.1. The molecule has 0 saturated heterocycles. The number of thioether (sulfide) groups is 1. The summed E-state index contributed by atoms with van der Waals surface area (Å²) in [6.45, 7) is 2.30. The van der Waals surface area contributed by atoms with Crippen LogP contribution in [0.4, 0.5) is 0 Å². The number of thiol groups is 1. The zero-order valence-corrected chi connectivity index (χ0v) is 8.86. The van der Waals surface area contributed by atoms with Crippen LogP contribution in [0.25, 0.3) is 0 Å². The van der Waals surface area contributed by atoms with E-state index in [0.717, 1.165) is 9.46 Å². The quantitative estimate of drug-likeness (QED) is 0.629. The van der Waals surface area contributed by atoms with Crippen molar-refractivity contribution in [2.45, 2.75) is 33.4 Å². The van der Waals surface area contributed by atoms with Gasteiger partial charge < -0.3 is 0 Å². The minimum atomic E-state index is 0.800. The molecule has 1 aliphatic rings. The summed E-state index contributed by atoms with van der Waals surface area (Å²) < 4.78 is 2.66. The maximum absolute atomic E-state index is 4.35. The largest absolute Gasteiger partial charge is 0.133 e. The van der Waals surface area contributed by atoms with Gasteiger partial charge in [0.05, 0.1) is 8.42 Å². The first-order valence-electron chi connectivity index (χ1n) is 3.74.